The van der Waals surface area contributed by atoms with Crippen molar-refractivity contribution in [2.45, 2.75) is 31.9 Å². The summed E-state index contributed by atoms with van der Waals surface area (Å²) in [5, 5.41) is 4.77. The highest BCUT2D eigenvalue weighted by atomic mass is 32.2. The van der Waals surface area contributed by atoms with E-state index in [2.05, 4.69) is 35.3 Å². The summed E-state index contributed by atoms with van der Waals surface area (Å²) in [4.78, 5) is 14.1. The fourth-order valence-electron chi connectivity index (χ4n) is 2.89. The molecule has 6 heteroatoms. The van der Waals surface area contributed by atoms with Crippen LogP contribution in [0.5, 0.6) is 0 Å². The van der Waals surface area contributed by atoms with Gasteiger partial charge in [0.1, 0.15) is 6.61 Å². The highest BCUT2D eigenvalue weighted by Gasteiger charge is 2.35. The molecule has 0 bridgehead atoms. The van der Waals surface area contributed by atoms with Gasteiger partial charge in [-0.1, -0.05) is 41.2 Å². The minimum absolute atomic E-state index is 0.129. The van der Waals surface area contributed by atoms with Crippen molar-refractivity contribution in [1.82, 2.24) is 4.98 Å². The van der Waals surface area contributed by atoms with Gasteiger partial charge in [-0.25, -0.2) is 0 Å². The lowest BCUT2D eigenvalue weighted by molar-refractivity contribution is 0.132. The van der Waals surface area contributed by atoms with E-state index in [1.807, 2.05) is 12.1 Å². The fourth-order valence-corrected chi connectivity index (χ4v) is 3.89. The largest absolute Gasteiger partial charge is 0.391 e. The first kappa shape index (κ1) is 16.8. The van der Waals surface area contributed by atoms with E-state index >= 15 is 0 Å². The van der Waals surface area contributed by atoms with E-state index in [9.17, 15) is 0 Å². The van der Waals surface area contributed by atoms with Gasteiger partial charge in [0.25, 0.3) is 0 Å². The Morgan fingerprint density at radius 1 is 1.54 bits per heavy atom. The van der Waals surface area contributed by atoms with Crippen LogP contribution in [0.3, 0.4) is 0 Å². The lowest BCUT2D eigenvalue weighted by Crippen LogP contribution is -2.38. The summed E-state index contributed by atoms with van der Waals surface area (Å²) >= 11 is 1.64. The number of thioether (sulfide) groups is 1. The maximum absolute atomic E-state index is 5.93. The van der Waals surface area contributed by atoms with Crippen molar-refractivity contribution >= 4 is 23.1 Å². The third-order valence-corrected chi connectivity index (χ3v) is 5.14. The average molecular weight is 342 g/mol. The number of hydrogen-bond donors (Lipinski definition) is 1. The Bertz CT molecular complexity index is 684. The quantitative estimate of drug-likeness (QED) is 0.658. The molecule has 5 nitrogen and oxygen atoms in total. The Balaban J connectivity index is 1.61. The van der Waals surface area contributed by atoms with Crippen LogP contribution < -0.4 is 5.73 Å². The Morgan fingerprint density at radius 3 is 3.25 bits per heavy atom. The van der Waals surface area contributed by atoms with Crippen LogP contribution in [0, 0.1) is 5.92 Å². The van der Waals surface area contributed by atoms with Crippen molar-refractivity contribution < 1.29 is 4.84 Å². The maximum atomic E-state index is 5.93. The van der Waals surface area contributed by atoms with Gasteiger partial charge in [-0.2, -0.15) is 0 Å². The Kier molecular flexibility index (Phi) is 5.35. The first-order chi connectivity index (χ1) is 11.7. The number of hydrogen-bond acceptors (Lipinski definition) is 6. The number of nitrogens with two attached hydrogens (primary N) is 1. The van der Waals surface area contributed by atoms with Crippen molar-refractivity contribution in [1.29, 1.82) is 0 Å². The molecule has 2 heterocycles. The first-order valence-corrected chi connectivity index (χ1v) is 9.05. The van der Waals surface area contributed by atoms with Crippen LogP contribution in [0.4, 0.5) is 0 Å². The molecule has 126 valence electrons. The van der Waals surface area contributed by atoms with E-state index in [-0.39, 0.29) is 5.54 Å². The summed E-state index contributed by atoms with van der Waals surface area (Å²) in [5.74, 6) is 1.36. The van der Waals surface area contributed by atoms with Crippen LogP contribution in [-0.4, -0.2) is 27.7 Å². The van der Waals surface area contributed by atoms with E-state index < -0.39 is 0 Å². The summed E-state index contributed by atoms with van der Waals surface area (Å²) in [7, 11) is 0. The zero-order valence-corrected chi connectivity index (χ0v) is 14.6. The lowest BCUT2D eigenvalue weighted by Gasteiger charge is -2.36. The smallest absolute Gasteiger partial charge is 0.154 e. The van der Waals surface area contributed by atoms with E-state index in [1.165, 1.54) is 0 Å². The molecule has 3 rings (SSSR count). The predicted molar refractivity (Wildman–Crippen MR) is 100.0 cm³/mol. The van der Waals surface area contributed by atoms with Gasteiger partial charge in [-0.15, -0.1) is 0 Å². The van der Waals surface area contributed by atoms with Crippen molar-refractivity contribution in [3.8, 4) is 0 Å². The number of nitrogens with zero attached hydrogens (tertiary/aromatic N) is 3. The second-order valence-corrected chi connectivity index (χ2v) is 7.30. The van der Waals surface area contributed by atoms with E-state index in [0.29, 0.717) is 17.7 Å². The molecule has 0 saturated carbocycles. The number of oxime groups is 1. The van der Waals surface area contributed by atoms with Crippen LogP contribution in [0.1, 0.15) is 25.3 Å². The average Bonchev–Trinajstić information content (AvgIpc) is 2.60. The Hall–Kier alpha value is -2.08. The molecule has 24 heavy (non-hydrogen) atoms. The first-order valence-electron chi connectivity index (χ1n) is 8.06. The molecule has 0 amide bonds. The number of rotatable bonds is 5. The number of allylic oxidation sites excluding steroid dienone is 3. The van der Waals surface area contributed by atoms with Crippen LogP contribution in [0.25, 0.3) is 0 Å². The second-order valence-electron chi connectivity index (χ2n) is 6.19. The highest BCUT2D eigenvalue weighted by Crippen LogP contribution is 2.37. The van der Waals surface area contributed by atoms with E-state index in [4.69, 9.17) is 15.6 Å². The van der Waals surface area contributed by atoms with Gasteiger partial charge < -0.3 is 10.6 Å². The molecule has 0 fully saturated rings. The monoisotopic (exact) mass is 342 g/mol. The van der Waals surface area contributed by atoms with E-state index in [0.717, 1.165) is 29.7 Å². The van der Waals surface area contributed by atoms with Crippen molar-refractivity contribution in [3.63, 3.8) is 0 Å². The molecular formula is C18H22N4OS. The van der Waals surface area contributed by atoms with Gasteiger partial charge in [0, 0.05) is 29.6 Å². The summed E-state index contributed by atoms with van der Waals surface area (Å²) in [5.41, 5.74) is 7.84. The van der Waals surface area contributed by atoms with Gasteiger partial charge in [0.05, 0.1) is 11.8 Å². The molecule has 1 aliphatic heterocycles. The third-order valence-electron chi connectivity index (χ3n) is 4.35. The molecular weight excluding hydrogens is 320 g/mol. The fraction of sp³-hybridized carbons (Fsp3) is 0.389. The minimum Gasteiger partial charge on any atom is -0.391 e. The summed E-state index contributed by atoms with van der Waals surface area (Å²) in [6, 6.07) is 3.84. The number of pyridine rings is 1. The Labute approximate surface area is 146 Å². The molecule has 1 aliphatic carbocycles. The molecule has 0 aromatic carbocycles. The van der Waals surface area contributed by atoms with Crippen LogP contribution in [0.15, 0.2) is 58.5 Å². The standard InChI is InChI=1S/C18H22N4OS/c1-18(7-9-24-17(19)22-18)16-6-2-4-14(10-16)12-21-23-13-15-5-3-8-20-11-15/h2-5,8,10-12,16H,6-7,9,13H2,1H3,(H2,19,22)/b21-12+. The highest BCUT2D eigenvalue weighted by molar-refractivity contribution is 8.13. The molecule has 1 aromatic rings. The lowest BCUT2D eigenvalue weighted by atomic mass is 9.78. The molecule has 2 unspecified atom stereocenters. The van der Waals surface area contributed by atoms with Gasteiger partial charge in [-0.3, -0.25) is 9.98 Å². The summed E-state index contributed by atoms with van der Waals surface area (Å²) in [6.07, 6.45) is 13.8. The molecule has 2 aliphatic rings. The molecule has 1 aromatic heterocycles. The maximum Gasteiger partial charge on any atom is 0.154 e. The summed E-state index contributed by atoms with van der Waals surface area (Å²) < 4.78 is 0. The minimum atomic E-state index is -0.129. The van der Waals surface area contributed by atoms with E-state index in [1.54, 1.807) is 30.4 Å². The van der Waals surface area contributed by atoms with Crippen molar-refractivity contribution in [3.05, 3.63) is 53.9 Å². The van der Waals surface area contributed by atoms with Crippen LogP contribution in [0.2, 0.25) is 0 Å². The topological polar surface area (TPSA) is 72.9 Å². The molecule has 2 N–H and O–H groups in total. The van der Waals surface area contributed by atoms with Gasteiger partial charge in [-0.05, 0) is 31.4 Å². The van der Waals surface area contributed by atoms with Crippen molar-refractivity contribution in [2.24, 2.45) is 21.8 Å². The normalized spacial score (nSPS) is 27.0. The third kappa shape index (κ3) is 4.26. The van der Waals surface area contributed by atoms with Crippen LogP contribution >= 0.6 is 11.8 Å². The SMILES string of the molecule is CC1(C2C=C(/C=N/OCc3cccnc3)C=CC2)CCSC(N)=N1. The van der Waals surface area contributed by atoms with Crippen LogP contribution in [-0.2, 0) is 11.4 Å². The van der Waals surface area contributed by atoms with Gasteiger partial charge >= 0.3 is 0 Å². The summed E-state index contributed by atoms with van der Waals surface area (Å²) in [6.45, 7) is 2.61. The molecule has 0 saturated heterocycles. The number of aliphatic imine (C=N–C) groups is 1. The second kappa shape index (κ2) is 7.66. The molecule has 0 radical (unpaired) electrons. The zero-order valence-electron chi connectivity index (χ0n) is 13.8. The predicted octanol–water partition coefficient (Wildman–Crippen LogP) is 3.30. The number of aromatic nitrogens is 1. The molecule has 2 atom stereocenters. The van der Waals surface area contributed by atoms with Gasteiger partial charge in [0.15, 0.2) is 5.17 Å². The zero-order chi connectivity index (χ0) is 16.8. The number of amidine groups is 1. The van der Waals surface area contributed by atoms with Crippen molar-refractivity contribution in [2.75, 3.05) is 5.75 Å². The van der Waals surface area contributed by atoms with Gasteiger partial charge in [0.2, 0.25) is 0 Å². The molecule has 0 spiro atoms. The Morgan fingerprint density at radius 2 is 2.46 bits per heavy atom.